The molecular weight excluding hydrogens is 314 g/mol. The summed E-state index contributed by atoms with van der Waals surface area (Å²) in [5, 5.41) is 6.20. The second kappa shape index (κ2) is 7.90. The van der Waals surface area contributed by atoms with Gasteiger partial charge in [0, 0.05) is 38.3 Å². The molecule has 2 atom stereocenters. The van der Waals surface area contributed by atoms with Gasteiger partial charge in [0.05, 0.1) is 12.7 Å². The van der Waals surface area contributed by atoms with E-state index >= 15 is 0 Å². The van der Waals surface area contributed by atoms with Gasteiger partial charge in [0.15, 0.2) is 5.96 Å². The lowest BCUT2D eigenvalue weighted by Gasteiger charge is -2.35. The number of benzene rings is 1. The first-order valence-electron chi connectivity index (χ1n) is 8.40. The molecule has 24 heavy (non-hydrogen) atoms. The van der Waals surface area contributed by atoms with E-state index in [1.54, 1.807) is 7.05 Å². The van der Waals surface area contributed by atoms with Gasteiger partial charge in [0.2, 0.25) is 0 Å². The highest BCUT2D eigenvalue weighted by Gasteiger charge is 2.32. The van der Waals surface area contributed by atoms with E-state index in [1.165, 1.54) is 18.9 Å². The van der Waals surface area contributed by atoms with E-state index in [1.807, 2.05) is 0 Å². The van der Waals surface area contributed by atoms with Gasteiger partial charge in [-0.1, -0.05) is 0 Å². The van der Waals surface area contributed by atoms with Crippen LogP contribution in [0.4, 0.5) is 8.78 Å². The lowest BCUT2D eigenvalue weighted by atomic mass is 10.2. The molecule has 0 saturated carbocycles. The maximum atomic E-state index is 13.6. The number of fused-ring (bicyclic) bond motifs is 1. The van der Waals surface area contributed by atoms with Crippen LogP contribution in [0.5, 0.6) is 0 Å². The van der Waals surface area contributed by atoms with Crippen molar-refractivity contribution in [2.45, 2.75) is 31.5 Å². The Bertz CT molecular complexity index is 596. The second-order valence-electron chi connectivity index (χ2n) is 6.29. The number of aliphatic imine (C=N–C) groups is 1. The summed E-state index contributed by atoms with van der Waals surface area (Å²) in [6, 6.07) is 4.01. The summed E-state index contributed by atoms with van der Waals surface area (Å²) in [5.74, 6) is -0.340. The number of halogens is 2. The van der Waals surface area contributed by atoms with Gasteiger partial charge in [-0.25, -0.2) is 8.78 Å². The Labute approximate surface area is 141 Å². The summed E-state index contributed by atoms with van der Waals surface area (Å²) in [5.41, 5.74) is 0.270. The average molecular weight is 338 g/mol. The average Bonchev–Trinajstić information content (AvgIpc) is 3.05. The molecule has 2 fully saturated rings. The Balaban J connectivity index is 1.46. The van der Waals surface area contributed by atoms with E-state index in [0.717, 1.165) is 31.8 Å². The second-order valence-corrected chi connectivity index (χ2v) is 6.29. The first-order valence-corrected chi connectivity index (χ1v) is 8.40. The highest BCUT2D eigenvalue weighted by molar-refractivity contribution is 5.79. The summed E-state index contributed by atoms with van der Waals surface area (Å²) < 4.78 is 32.7. The molecule has 1 aromatic carbocycles. The van der Waals surface area contributed by atoms with Gasteiger partial charge in [0.1, 0.15) is 11.6 Å². The molecule has 2 saturated heterocycles. The maximum absolute atomic E-state index is 13.6. The summed E-state index contributed by atoms with van der Waals surface area (Å²) in [6.07, 6.45) is 2.59. The fourth-order valence-corrected chi connectivity index (χ4v) is 3.30. The van der Waals surface area contributed by atoms with Gasteiger partial charge in [-0.3, -0.25) is 9.89 Å². The Morgan fingerprint density at radius 2 is 2.25 bits per heavy atom. The zero-order chi connectivity index (χ0) is 16.9. The molecule has 2 aliphatic rings. The minimum Gasteiger partial charge on any atom is -0.373 e. The molecule has 7 heteroatoms. The van der Waals surface area contributed by atoms with Crippen LogP contribution in [0.2, 0.25) is 0 Å². The molecule has 2 N–H and O–H groups in total. The predicted octanol–water partition coefficient (Wildman–Crippen LogP) is 1.49. The van der Waals surface area contributed by atoms with E-state index in [2.05, 4.69) is 20.5 Å². The van der Waals surface area contributed by atoms with E-state index in [9.17, 15) is 8.78 Å². The van der Waals surface area contributed by atoms with Crippen LogP contribution in [0.1, 0.15) is 18.4 Å². The van der Waals surface area contributed by atoms with Crippen molar-refractivity contribution in [1.29, 1.82) is 0 Å². The lowest BCUT2D eigenvalue weighted by molar-refractivity contribution is -0.0453. The van der Waals surface area contributed by atoms with E-state index in [-0.39, 0.29) is 18.2 Å². The highest BCUT2D eigenvalue weighted by Crippen LogP contribution is 2.22. The molecule has 2 aliphatic heterocycles. The van der Waals surface area contributed by atoms with Gasteiger partial charge < -0.3 is 15.4 Å². The molecular formula is C17H24F2N4O. The molecule has 2 unspecified atom stereocenters. The topological polar surface area (TPSA) is 48.9 Å². The zero-order valence-corrected chi connectivity index (χ0v) is 13.9. The monoisotopic (exact) mass is 338 g/mol. The fourth-order valence-electron chi connectivity index (χ4n) is 3.30. The predicted molar refractivity (Wildman–Crippen MR) is 88.9 cm³/mol. The van der Waals surface area contributed by atoms with Crippen molar-refractivity contribution in [2.75, 3.05) is 33.3 Å². The maximum Gasteiger partial charge on any atom is 0.191 e. The minimum atomic E-state index is -0.452. The van der Waals surface area contributed by atoms with E-state index in [4.69, 9.17) is 4.74 Å². The molecule has 3 rings (SSSR count). The fraction of sp³-hybridized carbons (Fsp3) is 0.588. The van der Waals surface area contributed by atoms with Gasteiger partial charge in [0.25, 0.3) is 0 Å². The normalized spacial score (nSPS) is 24.7. The van der Waals surface area contributed by atoms with Crippen LogP contribution in [-0.4, -0.2) is 56.3 Å². The third kappa shape index (κ3) is 4.21. The third-order valence-corrected chi connectivity index (χ3v) is 4.64. The molecule has 1 aromatic rings. The molecule has 5 nitrogen and oxygen atoms in total. The number of morpholine rings is 1. The van der Waals surface area contributed by atoms with Crippen LogP contribution in [0.15, 0.2) is 23.2 Å². The minimum absolute atomic E-state index is 0.115. The Kier molecular flexibility index (Phi) is 5.63. The molecule has 0 spiro atoms. The van der Waals surface area contributed by atoms with Crippen LogP contribution in [0.3, 0.4) is 0 Å². The van der Waals surface area contributed by atoms with Gasteiger partial charge >= 0.3 is 0 Å². The number of guanidine groups is 1. The largest absolute Gasteiger partial charge is 0.373 e. The molecule has 0 radical (unpaired) electrons. The number of nitrogens with one attached hydrogen (secondary N) is 2. The zero-order valence-electron chi connectivity index (χ0n) is 13.9. The van der Waals surface area contributed by atoms with Gasteiger partial charge in [-0.15, -0.1) is 0 Å². The van der Waals surface area contributed by atoms with Gasteiger partial charge in [-0.2, -0.15) is 0 Å². The van der Waals surface area contributed by atoms with Crippen molar-refractivity contribution in [3.8, 4) is 0 Å². The first kappa shape index (κ1) is 17.1. The molecule has 0 amide bonds. The Hall–Kier alpha value is -1.73. The number of hydrogen-bond donors (Lipinski definition) is 2. The molecule has 2 heterocycles. The van der Waals surface area contributed by atoms with Crippen LogP contribution in [-0.2, 0) is 11.3 Å². The quantitative estimate of drug-likeness (QED) is 0.645. The molecule has 0 aliphatic carbocycles. The standard InChI is InChI=1S/C17H24F2N4O/c1-20-17(21-8-12-7-13(18)4-5-16(12)19)22-9-15-10-23-6-2-3-14(23)11-24-15/h4-5,7,14-15H,2-3,6,8-11H2,1H3,(H2,20,21,22). The SMILES string of the molecule is CN=C(NCc1cc(F)ccc1F)NCC1CN2CCCC2CO1. The van der Waals surface area contributed by atoms with E-state index < -0.39 is 11.6 Å². The first-order chi connectivity index (χ1) is 11.7. The summed E-state index contributed by atoms with van der Waals surface area (Å²) in [4.78, 5) is 6.60. The van der Waals surface area contributed by atoms with Crippen LogP contribution >= 0.6 is 0 Å². The molecule has 132 valence electrons. The number of rotatable bonds is 4. The summed E-state index contributed by atoms with van der Waals surface area (Å²) >= 11 is 0. The van der Waals surface area contributed by atoms with Crippen molar-refractivity contribution in [2.24, 2.45) is 4.99 Å². The van der Waals surface area contributed by atoms with Crippen molar-refractivity contribution < 1.29 is 13.5 Å². The number of ether oxygens (including phenoxy) is 1. The van der Waals surface area contributed by atoms with Crippen molar-refractivity contribution in [3.05, 3.63) is 35.4 Å². The smallest absolute Gasteiger partial charge is 0.191 e. The number of nitrogens with zero attached hydrogens (tertiary/aromatic N) is 2. The van der Waals surface area contributed by atoms with Crippen LogP contribution < -0.4 is 10.6 Å². The van der Waals surface area contributed by atoms with Crippen LogP contribution in [0.25, 0.3) is 0 Å². The Morgan fingerprint density at radius 1 is 1.38 bits per heavy atom. The molecule has 0 bridgehead atoms. The van der Waals surface area contributed by atoms with E-state index in [0.29, 0.717) is 18.5 Å². The molecule has 0 aromatic heterocycles. The van der Waals surface area contributed by atoms with Crippen LogP contribution in [0, 0.1) is 11.6 Å². The third-order valence-electron chi connectivity index (χ3n) is 4.64. The van der Waals surface area contributed by atoms with Crippen molar-refractivity contribution in [3.63, 3.8) is 0 Å². The van der Waals surface area contributed by atoms with Crippen molar-refractivity contribution >= 4 is 5.96 Å². The van der Waals surface area contributed by atoms with Gasteiger partial charge in [-0.05, 0) is 37.6 Å². The highest BCUT2D eigenvalue weighted by atomic mass is 19.1. The Morgan fingerprint density at radius 3 is 3.08 bits per heavy atom. The number of hydrogen-bond acceptors (Lipinski definition) is 3. The summed E-state index contributed by atoms with van der Waals surface area (Å²) in [7, 11) is 1.65. The van der Waals surface area contributed by atoms with Crippen molar-refractivity contribution in [1.82, 2.24) is 15.5 Å². The summed E-state index contributed by atoms with van der Waals surface area (Å²) in [6.45, 7) is 3.66. The lowest BCUT2D eigenvalue weighted by Crippen LogP contribution is -2.51.